The number of carbonyl (C=O) groups excluding carboxylic acids is 1. The average molecular weight is 385 g/mol. The van der Waals surface area contributed by atoms with Gasteiger partial charge in [0.15, 0.2) is 0 Å². The molecule has 1 fully saturated rings. The maximum atomic E-state index is 12.4. The number of halogens is 3. The van der Waals surface area contributed by atoms with E-state index in [-0.39, 0.29) is 11.8 Å². The van der Waals surface area contributed by atoms with Crippen molar-refractivity contribution in [3.63, 3.8) is 0 Å². The molecule has 2 atom stereocenters. The molecule has 2 nitrogen and oxygen atoms in total. The number of carbonyl (C=O) groups is 1. The number of hydrogen-bond donors (Lipinski definition) is 1. The van der Waals surface area contributed by atoms with Crippen LogP contribution in [0.25, 0.3) is 0 Å². The number of anilines is 1. The van der Waals surface area contributed by atoms with Crippen molar-refractivity contribution < 1.29 is 4.79 Å². The normalized spacial score (nSPS) is 22.6. The van der Waals surface area contributed by atoms with Gasteiger partial charge < -0.3 is 5.32 Å². The maximum absolute atomic E-state index is 12.4. The zero-order valence-corrected chi connectivity index (χ0v) is 14.0. The zero-order valence-electron chi connectivity index (χ0n) is 10.9. The Balaban J connectivity index is 1.77. The molecule has 0 bridgehead atoms. The highest BCUT2D eigenvalue weighted by atomic mass is 79.9. The lowest BCUT2D eigenvalue weighted by atomic mass is 10.1. The highest BCUT2D eigenvalue weighted by Gasteiger charge is 2.67. The number of hydrogen-bond acceptors (Lipinski definition) is 1. The Morgan fingerprint density at radius 1 is 1.10 bits per heavy atom. The molecule has 0 unspecified atom stereocenters. The largest absolute Gasteiger partial charge is 0.326 e. The highest BCUT2D eigenvalue weighted by Crippen LogP contribution is 2.65. The SMILES string of the molecule is O=C(Nc1cccc(Br)c1)[C@H]1[C@H](c2ccccc2)C1(Cl)Cl. The first-order valence-corrected chi connectivity index (χ1v) is 8.04. The molecular weight excluding hydrogens is 373 g/mol. The predicted molar refractivity (Wildman–Crippen MR) is 89.9 cm³/mol. The molecular formula is C16H12BrCl2NO. The molecule has 2 aromatic rings. The Morgan fingerprint density at radius 2 is 1.81 bits per heavy atom. The maximum Gasteiger partial charge on any atom is 0.231 e. The molecule has 21 heavy (non-hydrogen) atoms. The van der Waals surface area contributed by atoms with E-state index in [0.717, 1.165) is 15.7 Å². The van der Waals surface area contributed by atoms with E-state index in [1.807, 2.05) is 54.6 Å². The van der Waals surface area contributed by atoms with Gasteiger partial charge in [0.2, 0.25) is 5.91 Å². The van der Waals surface area contributed by atoms with Gasteiger partial charge in [-0.1, -0.05) is 52.3 Å². The van der Waals surface area contributed by atoms with Crippen molar-refractivity contribution in [3.8, 4) is 0 Å². The van der Waals surface area contributed by atoms with Gasteiger partial charge in [0.1, 0.15) is 4.33 Å². The van der Waals surface area contributed by atoms with Crippen LogP contribution in [0.3, 0.4) is 0 Å². The molecule has 0 aliphatic heterocycles. The lowest BCUT2D eigenvalue weighted by molar-refractivity contribution is -0.117. The summed E-state index contributed by atoms with van der Waals surface area (Å²) < 4.78 is -0.143. The fourth-order valence-corrected chi connectivity index (χ4v) is 3.74. The summed E-state index contributed by atoms with van der Waals surface area (Å²) in [6.45, 7) is 0. The smallest absolute Gasteiger partial charge is 0.231 e. The van der Waals surface area contributed by atoms with Crippen LogP contribution in [0.2, 0.25) is 0 Å². The summed E-state index contributed by atoms with van der Waals surface area (Å²) in [5.74, 6) is -0.775. The van der Waals surface area contributed by atoms with E-state index in [4.69, 9.17) is 23.2 Å². The van der Waals surface area contributed by atoms with Crippen LogP contribution in [0.1, 0.15) is 11.5 Å². The summed E-state index contributed by atoms with van der Waals surface area (Å²) in [5.41, 5.74) is 1.70. The van der Waals surface area contributed by atoms with Gasteiger partial charge >= 0.3 is 0 Å². The first kappa shape index (κ1) is 14.9. The highest BCUT2D eigenvalue weighted by molar-refractivity contribution is 9.10. The Morgan fingerprint density at radius 3 is 2.48 bits per heavy atom. The summed E-state index contributed by atoms with van der Waals surface area (Å²) in [7, 11) is 0. The van der Waals surface area contributed by atoms with E-state index in [9.17, 15) is 4.79 Å². The molecule has 1 N–H and O–H groups in total. The number of rotatable bonds is 3. The lowest BCUT2D eigenvalue weighted by Crippen LogP contribution is -2.17. The second kappa shape index (κ2) is 5.64. The van der Waals surface area contributed by atoms with Gasteiger partial charge in [0.05, 0.1) is 5.92 Å². The average Bonchev–Trinajstić information content (AvgIpc) is 3.03. The molecule has 2 aromatic carbocycles. The fourth-order valence-electron chi connectivity index (χ4n) is 2.51. The van der Waals surface area contributed by atoms with E-state index in [1.165, 1.54) is 0 Å². The van der Waals surface area contributed by atoms with Gasteiger partial charge in [0.25, 0.3) is 0 Å². The first-order valence-electron chi connectivity index (χ1n) is 6.49. The first-order chi connectivity index (χ1) is 10.00. The van der Waals surface area contributed by atoms with Crippen molar-refractivity contribution in [1.29, 1.82) is 0 Å². The molecule has 5 heteroatoms. The van der Waals surface area contributed by atoms with Crippen molar-refractivity contribution in [2.75, 3.05) is 5.32 Å². The summed E-state index contributed by atoms with van der Waals surface area (Å²) in [6.07, 6.45) is 0. The molecule has 108 valence electrons. The van der Waals surface area contributed by atoms with Crippen LogP contribution in [0.15, 0.2) is 59.1 Å². The Bertz CT molecular complexity index is 675. The van der Waals surface area contributed by atoms with Gasteiger partial charge in [-0.3, -0.25) is 4.79 Å². The Hall–Kier alpha value is -1.03. The van der Waals surface area contributed by atoms with Gasteiger partial charge in [-0.15, -0.1) is 23.2 Å². The molecule has 1 aliphatic carbocycles. The standard InChI is InChI=1S/C16H12BrCl2NO/c17-11-7-4-8-12(9-11)20-15(21)14-13(16(14,18)19)10-5-2-1-3-6-10/h1-9,13-14H,(H,20,21)/t13-,14+/m0/s1. The second-order valence-electron chi connectivity index (χ2n) is 5.04. The summed E-state index contributed by atoms with van der Waals surface area (Å²) in [5, 5.41) is 2.86. The van der Waals surface area contributed by atoms with Crippen LogP contribution in [-0.2, 0) is 4.79 Å². The van der Waals surface area contributed by atoms with Crippen molar-refractivity contribution in [2.24, 2.45) is 5.92 Å². The van der Waals surface area contributed by atoms with Gasteiger partial charge in [-0.25, -0.2) is 0 Å². The van der Waals surface area contributed by atoms with E-state index in [0.29, 0.717) is 0 Å². The minimum absolute atomic E-state index is 0.160. The van der Waals surface area contributed by atoms with Crippen LogP contribution in [0.5, 0.6) is 0 Å². The number of nitrogens with one attached hydrogen (secondary N) is 1. The molecule has 0 radical (unpaired) electrons. The molecule has 3 rings (SSSR count). The van der Waals surface area contributed by atoms with E-state index in [2.05, 4.69) is 21.2 Å². The van der Waals surface area contributed by atoms with Crippen molar-refractivity contribution in [2.45, 2.75) is 10.3 Å². The van der Waals surface area contributed by atoms with Crippen LogP contribution in [0.4, 0.5) is 5.69 Å². The third kappa shape index (κ3) is 2.96. The van der Waals surface area contributed by atoms with Gasteiger partial charge in [0, 0.05) is 16.1 Å². The zero-order chi connectivity index (χ0) is 15.0. The van der Waals surface area contributed by atoms with E-state index < -0.39 is 10.3 Å². The molecule has 0 spiro atoms. The summed E-state index contributed by atoms with van der Waals surface area (Å²) in [4.78, 5) is 12.4. The Kier molecular flexibility index (Phi) is 4.00. The Labute approximate surface area is 141 Å². The molecule has 1 saturated carbocycles. The van der Waals surface area contributed by atoms with Gasteiger partial charge in [-0.05, 0) is 23.8 Å². The van der Waals surface area contributed by atoms with Crippen molar-refractivity contribution in [1.82, 2.24) is 0 Å². The predicted octanol–water partition coefficient (Wildman–Crippen LogP) is 4.98. The molecule has 0 aromatic heterocycles. The second-order valence-corrected chi connectivity index (χ2v) is 7.40. The fraction of sp³-hybridized carbons (Fsp3) is 0.188. The summed E-state index contributed by atoms with van der Waals surface area (Å²) >= 11 is 16.0. The quantitative estimate of drug-likeness (QED) is 0.743. The topological polar surface area (TPSA) is 29.1 Å². The van der Waals surface area contributed by atoms with Crippen LogP contribution in [0, 0.1) is 5.92 Å². The number of alkyl halides is 2. The third-order valence-electron chi connectivity index (χ3n) is 3.59. The third-order valence-corrected chi connectivity index (χ3v) is 5.02. The minimum atomic E-state index is -1.04. The van der Waals surface area contributed by atoms with E-state index in [1.54, 1.807) is 0 Å². The number of amides is 1. The monoisotopic (exact) mass is 383 g/mol. The van der Waals surface area contributed by atoms with Crippen LogP contribution < -0.4 is 5.32 Å². The lowest BCUT2D eigenvalue weighted by Gasteiger charge is -2.05. The van der Waals surface area contributed by atoms with Gasteiger partial charge in [-0.2, -0.15) is 0 Å². The minimum Gasteiger partial charge on any atom is -0.326 e. The van der Waals surface area contributed by atoms with Crippen LogP contribution >= 0.6 is 39.1 Å². The summed E-state index contributed by atoms with van der Waals surface area (Å²) in [6, 6.07) is 17.1. The number of benzene rings is 2. The molecule has 0 heterocycles. The van der Waals surface area contributed by atoms with Crippen LogP contribution in [-0.4, -0.2) is 10.2 Å². The molecule has 0 saturated heterocycles. The molecule has 1 amide bonds. The van der Waals surface area contributed by atoms with Crippen molar-refractivity contribution in [3.05, 3.63) is 64.6 Å². The van der Waals surface area contributed by atoms with Crippen molar-refractivity contribution >= 4 is 50.7 Å². The molecule has 1 aliphatic rings. The van der Waals surface area contributed by atoms with E-state index >= 15 is 0 Å².